The molecule has 0 atom stereocenters. The average molecular weight is 292 g/mol. The van der Waals surface area contributed by atoms with Gasteiger partial charge in [0.25, 0.3) is 0 Å². The van der Waals surface area contributed by atoms with E-state index in [1.807, 2.05) is 30.3 Å². The SMILES string of the molecule is [CH2-]C.[Cl-].[Cl-].[Cl-].[Zr+3].c1cc[cH-]c1. The molecule has 11 heavy (non-hydrogen) atoms. The van der Waals surface area contributed by atoms with Gasteiger partial charge in [0.15, 0.2) is 0 Å². The molecule has 0 saturated carbocycles. The molecule has 1 aromatic carbocycles. The summed E-state index contributed by atoms with van der Waals surface area (Å²) in [6.45, 7) is 5.00. The maximum atomic E-state index is 3.25. The molecule has 1 radical (unpaired) electrons. The summed E-state index contributed by atoms with van der Waals surface area (Å²) in [4.78, 5) is 0. The monoisotopic (exact) mass is 289 g/mol. The average Bonchev–Trinajstić information content (AvgIpc) is 2.23. The van der Waals surface area contributed by atoms with E-state index in [-0.39, 0.29) is 63.4 Å². The quantitative estimate of drug-likeness (QED) is 0.417. The van der Waals surface area contributed by atoms with Crippen LogP contribution in [0.15, 0.2) is 30.3 Å². The Balaban J connectivity index is -0.0000000189. The standard InChI is InChI=1S/C5H5.C2H5.3ClH.Zr/c1-2-4-5-3-1;1-2;;;;/h1-5H;1H2,2H3;3*1H;/q2*-1;;;;+3/p-3. The molecule has 1 aromatic rings. The van der Waals surface area contributed by atoms with Crippen LogP contribution in [0, 0.1) is 6.92 Å². The summed E-state index contributed by atoms with van der Waals surface area (Å²) in [6.07, 6.45) is 0. The van der Waals surface area contributed by atoms with Gasteiger partial charge in [0.05, 0.1) is 0 Å². The van der Waals surface area contributed by atoms with Gasteiger partial charge in [0.1, 0.15) is 0 Å². The molecular weight excluding hydrogens is 282 g/mol. The van der Waals surface area contributed by atoms with Crippen molar-refractivity contribution in [3.8, 4) is 0 Å². The molecule has 0 amide bonds. The smallest absolute Gasteiger partial charge is 1.00 e. The first-order chi connectivity index (χ1) is 3.50. The first-order valence-electron chi connectivity index (χ1n) is 2.37. The van der Waals surface area contributed by atoms with Gasteiger partial charge in [0, 0.05) is 0 Å². The third-order valence-corrected chi connectivity index (χ3v) is 0.556. The van der Waals surface area contributed by atoms with Crippen LogP contribution in [-0.4, -0.2) is 0 Å². The molecule has 0 aliphatic carbocycles. The van der Waals surface area contributed by atoms with Gasteiger partial charge in [-0.1, -0.05) is 0 Å². The molecule has 0 unspecified atom stereocenters. The van der Waals surface area contributed by atoms with E-state index in [2.05, 4.69) is 6.92 Å². The van der Waals surface area contributed by atoms with Gasteiger partial charge in [-0.15, -0.1) is 0 Å². The molecule has 0 saturated heterocycles. The molecule has 0 bridgehead atoms. The molecule has 0 aromatic heterocycles. The molecule has 65 valence electrons. The Kier molecular flexibility index (Phi) is 81.8. The van der Waals surface area contributed by atoms with Crippen LogP contribution in [0.2, 0.25) is 0 Å². The topological polar surface area (TPSA) is 0 Å². The predicted octanol–water partition coefficient (Wildman–Crippen LogP) is -6.74. The number of hydrogen-bond donors (Lipinski definition) is 0. The molecule has 0 spiro atoms. The second-order valence-electron chi connectivity index (χ2n) is 0.962. The van der Waals surface area contributed by atoms with E-state index in [4.69, 9.17) is 0 Å². The van der Waals surface area contributed by atoms with Gasteiger partial charge >= 0.3 is 26.2 Å². The summed E-state index contributed by atoms with van der Waals surface area (Å²) in [6, 6.07) is 10.0. The van der Waals surface area contributed by atoms with Crippen LogP contribution in [0.25, 0.3) is 0 Å². The third-order valence-electron chi connectivity index (χ3n) is 0.556. The van der Waals surface area contributed by atoms with Crippen molar-refractivity contribution in [2.75, 3.05) is 0 Å². The molecule has 0 N–H and O–H groups in total. The zero-order valence-electron chi connectivity index (χ0n) is 6.23. The van der Waals surface area contributed by atoms with Gasteiger partial charge in [0.2, 0.25) is 0 Å². The predicted molar refractivity (Wildman–Crippen MR) is 33.1 cm³/mol. The molecule has 1 rings (SSSR count). The van der Waals surface area contributed by atoms with Crippen LogP contribution in [0.4, 0.5) is 0 Å². The van der Waals surface area contributed by atoms with E-state index in [0.717, 1.165) is 0 Å². The third kappa shape index (κ3) is 24.7. The van der Waals surface area contributed by atoms with Crippen molar-refractivity contribution in [2.24, 2.45) is 0 Å². The summed E-state index contributed by atoms with van der Waals surface area (Å²) >= 11 is 0. The molecular formula is C7H10Cl3Zr-2. The largest absolute Gasteiger partial charge is 3.00 e. The van der Waals surface area contributed by atoms with E-state index in [0.29, 0.717) is 0 Å². The van der Waals surface area contributed by atoms with Crippen molar-refractivity contribution >= 4 is 0 Å². The Morgan fingerprint density at radius 3 is 1.27 bits per heavy atom. The summed E-state index contributed by atoms with van der Waals surface area (Å²) in [5, 5.41) is 0. The van der Waals surface area contributed by atoms with Crippen molar-refractivity contribution in [2.45, 2.75) is 6.92 Å². The van der Waals surface area contributed by atoms with Gasteiger partial charge < -0.3 is 44.1 Å². The molecule has 0 aliphatic rings. The van der Waals surface area contributed by atoms with Crippen LogP contribution in [0.5, 0.6) is 0 Å². The fraction of sp³-hybridized carbons (Fsp3) is 0.143. The summed E-state index contributed by atoms with van der Waals surface area (Å²) in [5.41, 5.74) is 0. The van der Waals surface area contributed by atoms with Crippen molar-refractivity contribution in [1.29, 1.82) is 0 Å². The van der Waals surface area contributed by atoms with Crippen LogP contribution in [0.1, 0.15) is 6.92 Å². The Morgan fingerprint density at radius 2 is 1.18 bits per heavy atom. The molecule has 0 heterocycles. The van der Waals surface area contributed by atoms with Crippen molar-refractivity contribution in [3.63, 3.8) is 0 Å². The van der Waals surface area contributed by atoms with Crippen LogP contribution < -0.4 is 37.2 Å². The van der Waals surface area contributed by atoms with Gasteiger partial charge in [-0.05, 0) is 0 Å². The Morgan fingerprint density at radius 1 is 0.909 bits per heavy atom. The van der Waals surface area contributed by atoms with Crippen LogP contribution >= 0.6 is 0 Å². The van der Waals surface area contributed by atoms with E-state index in [1.165, 1.54) is 0 Å². The molecule has 0 nitrogen and oxygen atoms in total. The van der Waals surface area contributed by atoms with Crippen LogP contribution in [-0.2, 0) is 26.2 Å². The first kappa shape index (κ1) is 29.6. The van der Waals surface area contributed by atoms with Crippen molar-refractivity contribution < 1.29 is 63.4 Å². The fourth-order valence-electron chi connectivity index (χ4n) is 0.321. The van der Waals surface area contributed by atoms with E-state index in [9.17, 15) is 0 Å². The van der Waals surface area contributed by atoms with Gasteiger partial charge in [-0.2, -0.15) is 25.1 Å². The molecule has 0 aliphatic heterocycles. The van der Waals surface area contributed by atoms with Gasteiger partial charge in [-0.3, -0.25) is 0 Å². The number of halogens is 3. The normalized spacial score (nSPS) is 4.18. The van der Waals surface area contributed by atoms with E-state index in [1.54, 1.807) is 6.92 Å². The minimum absolute atomic E-state index is 0. The first-order valence-corrected chi connectivity index (χ1v) is 2.37. The van der Waals surface area contributed by atoms with Gasteiger partial charge in [-0.25, -0.2) is 12.1 Å². The molecule has 0 fully saturated rings. The fourth-order valence-corrected chi connectivity index (χ4v) is 0.321. The van der Waals surface area contributed by atoms with Crippen LogP contribution in [0.3, 0.4) is 0 Å². The van der Waals surface area contributed by atoms with Crippen molar-refractivity contribution in [3.05, 3.63) is 37.3 Å². The summed E-state index contributed by atoms with van der Waals surface area (Å²) in [7, 11) is 0. The maximum absolute atomic E-state index is 3.25. The summed E-state index contributed by atoms with van der Waals surface area (Å²) < 4.78 is 0. The number of rotatable bonds is 0. The summed E-state index contributed by atoms with van der Waals surface area (Å²) in [5.74, 6) is 0. The zero-order valence-corrected chi connectivity index (χ0v) is 11.0. The molecule has 4 heteroatoms. The number of hydrogen-bond acceptors (Lipinski definition) is 0. The van der Waals surface area contributed by atoms with E-state index >= 15 is 0 Å². The minimum atomic E-state index is 0. The second-order valence-corrected chi connectivity index (χ2v) is 0.962. The minimum Gasteiger partial charge on any atom is -1.00 e. The van der Waals surface area contributed by atoms with E-state index < -0.39 is 0 Å². The Labute approximate surface area is 107 Å². The zero-order chi connectivity index (χ0) is 5.54. The Bertz CT molecular complexity index is 70.2. The van der Waals surface area contributed by atoms with Crippen molar-refractivity contribution in [1.82, 2.24) is 0 Å². The second kappa shape index (κ2) is 30.4. The Hall–Kier alpha value is 1.10. The maximum Gasteiger partial charge on any atom is 3.00 e.